The van der Waals surface area contributed by atoms with Crippen molar-refractivity contribution in [2.24, 2.45) is 5.73 Å². The van der Waals surface area contributed by atoms with Gasteiger partial charge in [0.1, 0.15) is 6.04 Å². The molecule has 1 unspecified atom stereocenters. The van der Waals surface area contributed by atoms with Crippen LogP contribution < -0.4 is 5.73 Å². The van der Waals surface area contributed by atoms with Crippen molar-refractivity contribution in [3.8, 4) is 0 Å². The van der Waals surface area contributed by atoms with Crippen LogP contribution in [-0.4, -0.2) is 22.1 Å². The molecule has 4 heteroatoms. The molecule has 2 rings (SSSR count). The van der Waals surface area contributed by atoms with E-state index < -0.39 is 12.0 Å². The molecule has 0 bridgehead atoms. The molecule has 4 nitrogen and oxygen atoms in total. The first-order chi connectivity index (χ1) is 9.90. The van der Waals surface area contributed by atoms with E-state index in [0.29, 0.717) is 6.42 Å². The zero-order valence-electron chi connectivity index (χ0n) is 12.7. The number of hydrogen-bond donors (Lipinski definition) is 3. The predicted molar refractivity (Wildman–Crippen MR) is 85.5 cm³/mol. The predicted octanol–water partition coefficient (Wildman–Crippen LogP) is 2.94. The topological polar surface area (TPSA) is 79.1 Å². The van der Waals surface area contributed by atoms with Crippen LogP contribution in [0.25, 0.3) is 10.9 Å². The third-order valence-corrected chi connectivity index (χ3v) is 3.70. The smallest absolute Gasteiger partial charge is 0.320 e. The van der Waals surface area contributed by atoms with E-state index >= 15 is 0 Å². The molecule has 112 valence electrons. The Labute approximate surface area is 124 Å². The Morgan fingerprint density at radius 3 is 2.71 bits per heavy atom. The normalized spacial score (nSPS) is 12.4. The second-order valence-electron chi connectivity index (χ2n) is 5.74. The number of fused-ring (bicyclic) bond motifs is 1. The maximum Gasteiger partial charge on any atom is 0.320 e. The van der Waals surface area contributed by atoms with Crippen molar-refractivity contribution >= 4 is 16.9 Å². The number of rotatable bonds is 5. The highest BCUT2D eigenvalue weighted by Gasteiger charge is 2.17. The first kappa shape index (κ1) is 15.3. The van der Waals surface area contributed by atoms with E-state index in [2.05, 4.69) is 37.0 Å². The molecule has 1 aromatic heterocycles. The first-order valence-electron chi connectivity index (χ1n) is 7.10. The van der Waals surface area contributed by atoms with Crippen LogP contribution in [0.1, 0.15) is 30.5 Å². The lowest BCUT2D eigenvalue weighted by Gasteiger charge is -2.09. The number of benzene rings is 1. The number of aryl methyl sites for hydroxylation is 1. The maximum absolute atomic E-state index is 11.0. The van der Waals surface area contributed by atoms with E-state index in [0.717, 1.165) is 28.5 Å². The van der Waals surface area contributed by atoms with Gasteiger partial charge < -0.3 is 15.8 Å². The van der Waals surface area contributed by atoms with Gasteiger partial charge in [-0.3, -0.25) is 4.79 Å². The lowest BCUT2D eigenvalue weighted by Crippen LogP contribution is -2.32. The number of allylic oxidation sites excluding steroid dienone is 2. The molecule has 0 spiro atoms. The number of carboxylic acids is 1. The van der Waals surface area contributed by atoms with Gasteiger partial charge in [-0.15, -0.1) is 0 Å². The largest absolute Gasteiger partial charge is 0.480 e. The summed E-state index contributed by atoms with van der Waals surface area (Å²) in [5, 5.41) is 10.1. The van der Waals surface area contributed by atoms with Crippen molar-refractivity contribution in [1.82, 2.24) is 4.98 Å². The molecule has 21 heavy (non-hydrogen) atoms. The average molecular weight is 286 g/mol. The summed E-state index contributed by atoms with van der Waals surface area (Å²) >= 11 is 0. The van der Waals surface area contributed by atoms with Crippen molar-refractivity contribution in [2.75, 3.05) is 0 Å². The van der Waals surface area contributed by atoms with Gasteiger partial charge in [-0.1, -0.05) is 23.8 Å². The van der Waals surface area contributed by atoms with Crippen LogP contribution in [0.3, 0.4) is 0 Å². The molecule has 1 aromatic carbocycles. The van der Waals surface area contributed by atoms with Crippen LogP contribution in [0.5, 0.6) is 0 Å². The fraction of sp³-hybridized carbons (Fsp3) is 0.353. The fourth-order valence-electron chi connectivity index (χ4n) is 2.50. The molecule has 0 aliphatic carbocycles. The molecule has 2 aromatic rings. The second-order valence-corrected chi connectivity index (χ2v) is 5.74. The molecule has 0 saturated heterocycles. The van der Waals surface area contributed by atoms with Crippen LogP contribution in [0.4, 0.5) is 0 Å². The molecular weight excluding hydrogens is 264 g/mol. The standard InChI is InChI=1S/C17H22N2O2/c1-10(2)4-6-12-7-5-11(3)16-15(12)13(9-19-16)8-14(18)17(20)21/h4-5,7,9,14,19H,6,8,18H2,1-3H3,(H,20,21). The Morgan fingerprint density at radius 1 is 1.38 bits per heavy atom. The van der Waals surface area contributed by atoms with E-state index in [1.807, 2.05) is 13.1 Å². The van der Waals surface area contributed by atoms with Gasteiger partial charge >= 0.3 is 5.97 Å². The number of carbonyl (C=O) groups is 1. The van der Waals surface area contributed by atoms with Gasteiger partial charge in [0.2, 0.25) is 0 Å². The van der Waals surface area contributed by atoms with Crippen molar-refractivity contribution in [3.05, 3.63) is 46.7 Å². The van der Waals surface area contributed by atoms with E-state index in [4.69, 9.17) is 10.8 Å². The minimum absolute atomic E-state index is 0.334. The molecular formula is C17H22N2O2. The molecule has 4 N–H and O–H groups in total. The number of aromatic nitrogens is 1. The zero-order valence-corrected chi connectivity index (χ0v) is 12.7. The number of nitrogens with one attached hydrogen (secondary N) is 1. The number of H-pyrrole nitrogens is 1. The second kappa shape index (κ2) is 6.14. The summed E-state index contributed by atoms with van der Waals surface area (Å²) in [4.78, 5) is 14.2. The Balaban J connectivity index is 2.49. The summed E-state index contributed by atoms with van der Waals surface area (Å²) in [6, 6.07) is 3.33. The third-order valence-electron chi connectivity index (χ3n) is 3.70. The van der Waals surface area contributed by atoms with E-state index in [1.165, 1.54) is 11.1 Å². The summed E-state index contributed by atoms with van der Waals surface area (Å²) < 4.78 is 0. The van der Waals surface area contributed by atoms with E-state index in [-0.39, 0.29) is 0 Å². The van der Waals surface area contributed by atoms with Gasteiger partial charge in [-0.25, -0.2) is 0 Å². The number of aromatic amines is 1. The molecule has 0 aliphatic rings. The maximum atomic E-state index is 11.0. The SMILES string of the molecule is CC(C)=CCc1ccc(C)c2[nH]cc(CC(N)C(=O)O)c12. The Bertz CT molecular complexity index is 694. The summed E-state index contributed by atoms with van der Waals surface area (Å²) in [7, 11) is 0. The number of nitrogens with two attached hydrogens (primary N) is 1. The summed E-state index contributed by atoms with van der Waals surface area (Å²) in [5.74, 6) is -0.970. The van der Waals surface area contributed by atoms with Crippen molar-refractivity contribution in [1.29, 1.82) is 0 Å². The Morgan fingerprint density at radius 2 is 2.10 bits per heavy atom. The van der Waals surface area contributed by atoms with Crippen molar-refractivity contribution in [2.45, 2.75) is 39.7 Å². The highest BCUT2D eigenvalue weighted by Crippen LogP contribution is 2.27. The molecule has 0 saturated carbocycles. The van der Waals surface area contributed by atoms with Gasteiger partial charge in [0, 0.05) is 23.5 Å². The van der Waals surface area contributed by atoms with Crippen molar-refractivity contribution in [3.63, 3.8) is 0 Å². The van der Waals surface area contributed by atoms with Crippen LogP contribution in [-0.2, 0) is 17.6 Å². The quantitative estimate of drug-likeness (QED) is 0.739. The van der Waals surface area contributed by atoms with E-state index in [1.54, 1.807) is 0 Å². The van der Waals surface area contributed by atoms with Gasteiger partial charge in [0.25, 0.3) is 0 Å². The lowest BCUT2D eigenvalue weighted by molar-refractivity contribution is -0.138. The summed E-state index contributed by atoms with van der Waals surface area (Å²) in [5.41, 5.74) is 11.3. The highest BCUT2D eigenvalue weighted by atomic mass is 16.4. The summed E-state index contributed by atoms with van der Waals surface area (Å²) in [6.45, 7) is 6.19. The summed E-state index contributed by atoms with van der Waals surface area (Å²) in [6.07, 6.45) is 5.23. The highest BCUT2D eigenvalue weighted by molar-refractivity contribution is 5.90. The third kappa shape index (κ3) is 3.34. The Kier molecular flexibility index (Phi) is 4.48. The van der Waals surface area contributed by atoms with Gasteiger partial charge in [-0.2, -0.15) is 0 Å². The van der Waals surface area contributed by atoms with Crippen LogP contribution in [0.15, 0.2) is 30.0 Å². The van der Waals surface area contributed by atoms with E-state index in [9.17, 15) is 4.79 Å². The van der Waals surface area contributed by atoms with Crippen LogP contribution in [0, 0.1) is 6.92 Å². The Hall–Kier alpha value is -2.07. The minimum Gasteiger partial charge on any atom is -0.480 e. The van der Waals surface area contributed by atoms with Gasteiger partial charge in [-0.05, 0) is 43.9 Å². The number of hydrogen-bond acceptors (Lipinski definition) is 2. The molecule has 0 radical (unpaired) electrons. The molecule has 0 fully saturated rings. The zero-order chi connectivity index (χ0) is 15.6. The van der Waals surface area contributed by atoms with Crippen LogP contribution in [0.2, 0.25) is 0 Å². The van der Waals surface area contributed by atoms with Crippen LogP contribution >= 0.6 is 0 Å². The van der Waals surface area contributed by atoms with Gasteiger partial charge in [0.05, 0.1) is 0 Å². The monoisotopic (exact) mass is 286 g/mol. The molecule has 1 atom stereocenters. The first-order valence-corrected chi connectivity index (χ1v) is 7.10. The fourth-order valence-corrected chi connectivity index (χ4v) is 2.50. The minimum atomic E-state index is -0.970. The lowest BCUT2D eigenvalue weighted by atomic mass is 9.97. The van der Waals surface area contributed by atoms with Crippen molar-refractivity contribution < 1.29 is 9.90 Å². The molecule has 0 amide bonds. The molecule has 1 heterocycles. The molecule has 0 aliphatic heterocycles. The van der Waals surface area contributed by atoms with Gasteiger partial charge in [0.15, 0.2) is 0 Å². The number of aliphatic carboxylic acids is 1. The number of carboxylic acid groups (broad SMARTS) is 1. The average Bonchev–Trinajstić information content (AvgIpc) is 2.83.